The van der Waals surface area contributed by atoms with Gasteiger partial charge in [0.2, 0.25) is 0 Å². The summed E-state index contributed by atoms with van der Waals surface area (Å²) in [5, 5.41) is 0. The van der Waals surface area contributed by atoms with Crippen molar-refractivity contribution >= 4 is 0 Å². The molecule has 0 radical (unpaired) electrons. The number of benzene rings is 1. The molecule has 0 nitrogen and oxygen atoms in total. The fourth-order valence-corrected chi connectivity index (χ4v) is 3.82. The van der Waals surface area contributed by atoms with Crippen molar-refractivity contribution < 1.29 is 4.39 Å². The first kappa shape index (κ1) is 21.2. The maximum absolute atomic E-state index is 12.9. The second-order valence-corrected chi connectivity index (χ2v) is 7.71. The van der Waals surface area contributed by atoms with Crippen molar-refractivity contribution in [2.45, 2.75) is 97.8 Å². The van der Waals surface area contributed by atoms with Crippen LogP contribution in [0, 0.1) is 17.7 Å². The van der Waals surface area contributed by atoms with Gasteiger partial charge < -0.3 is 0 Å². The molecule has 2 atom stereocenters. The van der Waals surface area contributed by atoms with Gasteiger partial charge in [-0.25, -0.2) is 4.39 Å². The van der Waals surface area contributed by atoms with Gasteiger partial charge in [-0.05, 0) is 42.4 Å². The molecule has 1 aromatic rings. The number of unbranched alkanes of at least 4 members (excludes halogenated alkanes) is 2. The third-order valence-electron chi connectivity index (χ3n) is 5.28. The molecule has 0 bridgehead atoms. The molecule has 138 valence electrons. The van der Waals surface area contributed by atoms with Gasteiger partial charge in [0.25, 0.3) is 0 Å². The second-order valence-electron chi connectivity index (χ2n) is 7.71. The van der Waals surface area contributed by atoms with E-state index in [0.29, 0.717) is 0 Å². The summed E-state index contributed by atoms with van der Waals surface area (Å²) in [6.45, 7) is 7.03. The Balaban J connectivity index is 2.12. The molecule has 0 aliphatic carbocycles. The zero-order valence-electron chi connectivity index (χ0n) is 16.3. The molecule has 0 saturated carbocycles. The van der Waals surface area contributed by atoms with Gasteiger partial charge in [-0.3, -0.25) is 0 Å². The molecular formula is C23H39F. The molecule has 1 aromatic carbocycles. The van der Waals surface area contributed by atoms with Crippen LogP contribution in [0.25, 0.3) is 0 Å². The minimum Gasteiger partial charge on any atom is -0.207 e. The van der Waals surface area contributed by atoms with Crippen molar-refractivity contribution in [3.05, 3.63) is 35.6 Å². The number of hydrogen-bond acceptors (Lipinski definition) is 0. The van der Waals surface area contributed by atoms with E-state index in [2.05, 4.69) is 20.8 Å². The summed E-state index contributed by atoms with van der Waals surface area (Å²) in [5.41, 5.74) is 1.27. The molecule has 0 aromatic heterocycles. The van der Waals surface area contributed by atoms with Gasteiger partial charge in [0.1, 0.15) is 5.82 Å². The van der Waals surface area contributed by atoms with Crippen molar-refractivity contribution in [3.8, 4) is 0 Å². The van der Waals surface area contributed by atoms with Crippen LogP contribution in [-0.4, -0.2) is 0 Å². The molecule has 0 aliphatic heterocycles. The lowest BCUT2D eigenvalue weighted by Crippen LogP contribution is -2.03. The van der Waals surface area contributed by atoms with Gasteiger partial charge in [-0.15, -0.1) is 0 Å². The standard InChI is InChI=1S/C23H39F/c1-4-10-20(3)12-9-15-21(11-5-2)13-7-6-8-14-22-16-18-23(24)19-17-22/h16-21H,4-15H2,1-3H3. The molecule has 24 heavy (non-hydrogen) atoms. The van der Waals surface area contributed by atoms with Crippen LogP contribution in [0.4, 0.5) is 4.39 Å². The summed E-state index contributed by atoms with van der Waals surface area (Å²) >= 11 is 0. The maximum atomic E-state index is 12.9. The van der Waals surface area contributed by atoms with Crippen LogP contribution in [0.1, 0.15) is 97.0 Å². The Morgan fingerprint density at radius 3 is 2.08 bits per heavy atom. The summed E-state index contributed by atoms with van der Waals surface area (Å²) in [5.74, 6) is 1.72. The molecule has 1 rings (SSSR count). The maximum Gasteiger partial charge on any atom is 0.123 e. The van der Waals surface area contributed by atoms with E-state index in [1.165, 1.54) is 76.2 Å². The molecule has 0 N–H and O–H groups in total. The minimum absolute atomic E-state index is 0.130. The van der Waals surface area contributed by atoms with Gasteiger partial charge in [0.15, 0.2) is 0 Å². The molecule has 0 fully saturated rings. The molecular weight excluding hydrogens is 295 g/mol. The van der Waals surface area contributed by atoms with Crippen molar-refractivity contribution in [1.29, 1.82) is 0 Å². The zero-order valence-corrected chi connectivity index (χ0v) is 16.3. The van der Waals surface area contributed by atoms with Crippen LogP contribution in [0.5, 0.6) is 0 Å². The third-order valence-corrected chi connectivity index (χ3v) is 5.28. The van der Waals surface area contributed by atoms with Crippen LogP contribution in [-0.2, 0) is 6.42 Å². The smallest absolute Gasteiger partial charge is 0.123 e. The SMILES string of the molecule is CCCC(C)CCCC(CCC)CCCCCc1ccc(F)cc1. The normalized spacial score (nSPS) is 13.8. The van der Waals surface area contributed by atoms with Crippen molar-refractivity contribution in [2.75, 3.05) is 0 Å². The summed E-state index contributed by atoms with van der Waals surface area (Å²) in [4.78, 5) is 0. The van der Waals surface area contributed by atoms with E-state index in [1.54, 1.807) is 12.1 Å². The Bertz CT molecular complexity index is 395. The zero-order chi connectivity index (χ0) is 17.6. The average Bonchev–Trinajstić information content (AvgIpc) is 2.56. The number of hydrogen-bond donors (Lipinski definition) is 0. The number of halogens is 1. The van der Waals surface area contributed by atoms with Crippen LogP contribution in [0.2, 0.25) is 0 Å². The minimum atomic E-state index is -0.130. The van der Waals surface area contributed by atoms with Crippen molar-refractivity contribution in [2.24, 2.45) is 11.8 Å². The molecule has 0 amide bonds. The quantitative estimate of drug-likeness (QED) is 0.303. The number of aryl methyl sites for hydroxylation is 1. The van der Waals surface area contributed by atoms with E-state index < -0.39 is 0 Å². The van der Waals surface area contributed by atoms with Crippen LogP contribution in [0.3, 0.4) is 0 Å². The molecule has 0 spiro atoms. The summed E-state index contributed by atoms with van der Waals surface area (Å²) in [6.07, 6.45) is 16.1. The molecule has 0 aliphatic rings. The van der Waals surface area contributed by atoms with Crippen LogP contribution in [0.15, 0.2) is 24.3 Å². The fraction of sp³-hybridized carbons (Fsp3) is 0.739. The van der Waals surface area contributed by atoms with Crippen LogP contribution >= 0.6 is 0 Å². The molecule has 2 unspecified atom stereocenters. The molecule has 0 saturated heterocycles. The fourth-order valence-electron chi connectivity index (χ4n) is 3.82. The largest absolute Gasteiger partial charge is 0.207 e. The Morgan fingerprint density at radius 1 is 0.750 bits per heavy atom. The Morgan fingerprint density at radius 2 is 1.42 bits per heavy atom. The summed E-state index contributed by atoms with van der Waals surface area (Å²) in [7, 11) is 0. The monoisotopic (exact) mass is 334 g/mol. The highest BCUT2D eigenvalue weighted by Gasteiger charge is 2.09. The van der Waals surface area contributed by atoms with Crippen molar-refractivity contribution in [1.82, 2.24) is 0 Å². The van der Waals surface area contributed by atoms with E-state index >= 15 is 0 Å². The highest BCUT2D eigenvalue weighted by molar-refractivity contribution is 5.15. The van der Waals surface area contributed by atoms with E-state index in [-0.39, 0.29) is 5.82 Å². The Labute approximate surface area is 150 Å². The van der Waals surface area contributed by atoms with Crippen LogP contribution < -0.4 is 0 Å². The third kappa shape index (κ3) is 10.1. The highest BCUT2D eigenvalue weighted by atomic mass is 19.1. The highest BCUT2D eigenvalue weighted by Crippen LogP contribution is 2.24. The van der Waals surface area contributed by atoms with Gasteiger partial charge in [-0.1, -0.05) is 97.1 Å². The van der Waals surface area contributed by atoms with Gasteiger partial charge in [-0.2, -0.15) is 0 Å². The van der Waals surface area contributed by atoms with Crippen molar-refractivity contribution in [3.63, 3.8) is 0 Å². The van der Waals surface area contributed by atoms with Gasteiger partial charge in [0, 0.05) is 0 Å². The predicted molar refractivity (Wildman–Crippen MR) is 105 cm³/mol. The van der Waals surface area contributed by atoms with Gasteiger partial charge >= 0.3 is 0 Å². The lowest BCUT2D eigenvalue weighted by atomic mass is 9.89. The predicted octanol–water partition coefficient (Wildman–Crippen LogP) is 7.95. The van der Waals surface area contributed by atoms with E-state index in [4.69, 9.17) is 0 Å². The lowest BCUT2D eigenvalue weighted by Gasteiger charge is -2.17. The molecule has 1 heteroatoms. The van der Waals surface area contributed by atoms with E-state index in [9.17, 15) is 4.39 Å². The second kappa shape index (κ2) is 13.4. The van der Waals surface area contributed by atoms with Gasteiger partial charge in [0.05, 0.1) is 0 Å². The lowest BCUT2D eigenvalue weighted by molar-refractivity contribution is 0.360. The summed E-state index contributed by atoms with van der Waals surface area (Å²) in [6, 6.07) is 7.00. The topological polar surface area (TPSA) is 0 Å². The Hall–Kier alpha value is -0.850. The first-order chi connectivity index (χ1) is 11.7. The first-order valence-electron chi connectivity index (χ1n) is 10.4. The van der Waals surface area contributed by atoms with E-state index in [0.717, 1.165) is 18.3 Å². The number of rotatable bonds is 14. The first-order valence-corrected chi connectivity index (χ1v) is 10.4. The Kier molecular flexibility index (Phi) is 11.9. The average molecular weight is 335 g/mol. The van der Waals surface area contributed by atoms with E-state index in [1.807, 2.05) is 12.1 Å². The summed E-state index contributed by atoms with van der Waals surface area (Å²) < 4.78 is 12.9. The molecule has 0 heterocycles.